The lowest BCUT2D eigenvalue weighted by atomic mass is 10.1. The molecule has 2 heterocycles. The highest BCUT2D eigenvalue weighted by Gasteiger charge is 2.13. The van der Waals surface area contributed by atoms with Gasteiger partial charge < -0.3 is 21.1 Å². The van der Waals surface area contributed by atoms with Crippen molar-refractivity contribution in [2.45, 2.75) is 6.54 Å². The molecule has 0 atom stereocenters. The van der Waals surface area contributed by atoms with E-state index >= 15 is 0 Å². The van der Waals surface area contributed by atoms with Crippen LogP contribution in [0.5, 0.6) is 5.75 Å². The number of nitrogens with zero attached hydrogens (tertiary/aromatic N) is 3. The minimum absolute atomic E-state index is 0.149. The van der Waals surface area contributed by atoms with Crippen molar-refractivity contribution in [2.75, 3.05) is 16.0 Å². The lowest BCUT2D eigenvalue weighted by Crippen LogP contribution is -2.19. The van der Waals surface area contributed by atoms with Crippen molar-refractivity contribution in [3.63, 3.8) is 0 Å². The maximum atomic E-state index is 12.4. The van der Waals surface area contributed by atoms with E-state index in [0.29, 0.717) is 40.6 Å². The third-order valence-corrected chi connectivity index (χ3v) is 6.40. The summed E-state index contributed by atoms with van der Waals surface area (Å²) in [4.78, 5) is 17.1. The number of amides is 2. The van der Waals surface area contributed by atoms with Crippen LogP contribution in [0.1, 0.15) is 5.56 Å². The minimum atomic E-state index is -0.331. The van der Waals surface area contributed by atoms with E-state index in [-0.39, 0.29) is 11.8 Å². The van der Waals surface area contributed by atoms with Crippen molar-refractivity contribution in [1.29, 1.82) is 0 Å². The molecule has 3 aromatic carbocycles. The molecular formula is C26H20Br2N6O2. The number of nitrogens with one attached hydrogen (secondary N) is 3. The molecule has 10 heteroatoms. The Hall–Kier alpha value is -3.89. The molecule has 0 spiro atoms. The average Bonchev–Trinajstić information content (AvgIpc) is 3.24. The number of benzene rings is 3. The Morgan fingerprint density at radius 1 is 0.917 bits per heavy atom. The predicted molar refractivity (Wildman–Crippen MR) is 148 cm³/mol. The summed E-state index contributed by atoms with van der Waals surface area (Å²) < 4.78 is 3.32. The summed E-state index contributed by atoms with van der Waals surface area (Å²) in [5.41, 5.74) is 4.17. The Morgan fingerprint density at radius 3 is 2.44 bits per heavy atom. The Bertz CT molecular complexity index is 1570. The van der Waals surface area contributed by atoms with Gasteiger partial charge in [-0.2, -0.15) is 9.61 Å². The van der Waals surface area contributed by atoms with Crippen LogP contribution in [0.2, 0.25) is 0 Å². The first kappa shape index (κ1) is 23.8. The molecule has 5 rings (SSSR count). The number of anilines is 3. The standard InChI is InChI=1S/C26H20Br2N6O2/c27-17-6-4-8-19(12-17)32-26(36)31-18-7-3-5-16(11-18)14-29-24-13-22(20-9-1-2-10-23(20)35)33-25-21(28)15-30-34(24)25/h1-13,15,29,35H,14H2,(H2,31,32,36). The van der Waals surface area contributed by atoms with Gasteiger partial charge >= 0.3 is 6.03 Å². The zero-order valence-electron chi connectivity index (χ0n) is 18.7. The van der Waals surface area contributed by atoms with Gasteiger partial charge in [0.2, 0.25) is 0 Å². The normalized spacial score (nSPS) is 10.8. The van der Waals surface area contributed by atoms with Gasteiger partial charge in [0.25, 0.3) is 0 Å². The molecule has 36 heavy (non-hydrogen) atoms. The Kier molecular flexibility index (Phi) is 6.88. The molecule has 2 amide bonds. The van der Waals surface area contributed by atoms with Gasteiger partial charge in [-0.15, -0.1) is 0 Å². The molecule has 0 aliphatic rings. The minimum Gasteiger partial charge on any atom is -0.507 e. The number of carbonyl (C=O) groups is 1. The van der Waals surface area contributed by atoms with Crippen molar-refractivity contribution in [3.8, 4) is 17.0 Å². The van der Waals surface area contributed by atoms with Crippen LogP contribution in [0.3, 0.4) is 0 Å². The topological polar surface area (TPSA) is 104 Å². The van der Waals surface area contributed by atoms with E-state index in [1.807, 2.05) is 66.7 Å². The second-order valence-electron chi connectivity index (χ2n) is 7.92. The summed E-state index contributed by atoms with van der Waals surface area (Å²) in [6.07, 6.45) is 1.68. The highest BCUT2D eigenvalue weighted by molar-refractivity contribution is 9.11. The number of rotatable bonds is 6. The van der Waals surface area contributed by atoms with Crippen molar-refractivity contribution >= 4 is 60.7 Å². The molecule has 2 aromatic heterocycles. The summed E-state index contributed by atoms with van der Waals surface area (Å²) in [5, 5.41) is 23.8. The number of aromatic hydroxyl groups is 1. The highest BCUT2D eigenvalue weighted by Crippen LogP contribution is 2.31. The van der Waals surface area contributed by atoms with E-state index in [0.717, 1.165) is 14.5 Å². The number of carbonyl (C=O) groups excluding carboxylic acids is 1. The van der Waals surface area contributed by atoms with Crippen LogP contribution in [0, 0.1) is 0 Å². The molecule has 8 nitrogen and oxygen atoms in total. The second kappa shape index (κ2) is 10.4. The van der Waals surface area contributed by atoms with Gasteiger partial charge in [-0.3, -0.25) is 0 Å². The molecule has 0 radical (unpaired) electrons. The second-order valence-corrected chi connectivity index (χ2v) is 9.69. The van der Waals surface area contributed by atoms with E-state index < -0.39 is 0 Å². The van der Waals surface area contributed by atoms with Crippen LogP contribution in [0.25, 0.3) is 16.9 Å². The molecule has 180 valence electrons. The third-order valence-electron chi connectivity index (χ3n) is 5.35. The zero-order valence-corrected chi connectivity index (χ0v) is 21.9. The quantitative estimate of drug-likeness (QED) is 0.168. The molecular weight excluding hydrogens is 588 g/mol. The fourth-order valence-corrected chi connectivity index (χ4v) is 4.45. The highest BCUT2D eigenvalue weighted by atomic mass is 79.9. The van der Waals surface area contributed by atoms with E-state index in [2.05, 4.69) is 57.9 Å². The SMILES string of the molecule is O=C(Nc1cccc(Br)c1)Nc1cccc(CNc2cc(-c3ccccc3O)nc3c(Br)cnn23)c1. The summed E-state index contributed by atoms with van der Waals surface area (Å²) in [5.74, 6) is 0.852. The number of para-hydroxylation sites is 1. The van der Waals surface area contributed by atoms with Crippen LogP contribution in [0.4, 0.5) is 22.0 Å². The van der Waals surface area contributed by atoms with Crippen LogP contribution in [-0.4, -0.2) is 25.7 Å². The number of phenols is 1. The van der Waals surface area contributed by atoms with Gasteiger partial charge in [0.15, 0.2) is 5.65 Å². The summed E-state index contributed by atoms with van der Waals surface area (Å²) in [6.45, 7) is 0.472. The lowest BCUT2D eigenvalue weighted by molar-refractivity contribution is 0.262. The number of urea groups is 1. The Morgan fingerprint density at radius 2 is 1.67 bits per heavy atom. The van der Waals surface area contributed by atoms with Crippen LogP contribution in [-0.2, 0) is 6.54 Å². The zero-order chi connectivity index (χ0) is 25.1. The fourth-order valence-electron chi connectivity index (χ4n) is 3.70. The first-order valence-electron chi connectivity index (χ1n) is 11.0. The molecule has 0 bridgehead atoms. The number of fused-ring (bicyclic) bond motifs is 1. The van der Waals surface area contributed by atoms with Gasteiger partial charge in [-0.05, 0) is 64.0 Å². The van der Waals surface area contributed by atoms with Crippen molar-refractivity contribution in [2.24, 2.45) is 0 Å². The summed E-state index contributed by atoms with van der Waals surface area (Å²) in [6, 6.07) is 23.5. The number of phenolic OH excluding ortho intramolecular Hbond substituents is 1. The molecule has 0 saturated heterocycles. The van der Waals surface area contributed by atoms with E-state index in [1.54, 1.807) is 22.8 Å². The molecule has 4 N–H and O–H groups in total. The van der Waals surface area contributed by atoms with Crippen LogP contribution >= 0.6 is 31.9 Å². The van der Waals surface area contributed by atoms with Gasteiger partial charge in [-0.1, -0.05) is 46.3 Å². The predicted octanol–water partition coefficient (Wildman–Crippen LogP) is 6.88. The Labute approximate surface area is 223 Å². The molecule has 0 saturated carbocycles. The first-order valence-corrected chi connectivity index (χ1v) is 12.5. The van der Waals surface area contributed by atoms with Gasteiger partial charge in [0.1, 0.15) is 11.6 Å². The van der Waals surface area contributed by atoms with Crippen molar-refractivity contribution < 1.29 is 9.90 Å². The number of halogens is 2. The van der Waals surface area contributed by atoms with Gasteiger partial charge in [0.05, 0.1) is 16.4 Å². The van der Waals surface area contributed by atoms with Crippen molar-refractivity contribution in [1.82, 2.24) is 14.6 Å². The molecule has 0 aliphatic heterocycles. The monoisotopic (exact) mass is 606 g/mol. The smallest absolute Gasteiger partial charge is 0.323 e. The Balaban J connectivity index is 1.34. The van der Waals surface area contributed by atoms with Crippen molar-refractivity contribution in [3.05, 3.63) is 99.6 Å². The summed E-state index contributed by atoms with van der Waals surface area (Å²) >= 11 is 6.90. The van der Waals surface area contributed by atoms with E-state index in [4.69, 9.17) is 0 Å². The van der Waals surface area contributed by atoms with Crippen LogP contribution in [0.15, 0.2) is 94.0 Å². The molecule has 0 unspecified atom stereocenters. The van der Waals surface area contributed by atoms with E-state index in [9.17, 15) is 9.90 Å². The first-order chi connectivity index (χ1) is 17.5. The molecule has 0 aliphatic carbocycles. The largest absolute Gasteiger partial charge is 0.507 e. The maximum absolute atomic E-state index is 12.4. The number of aromatic nitrogens is 3. The third kappa shape index (κ3) is 5.34. The van der Waals surface area contributed by atoms with E-state index in [1.165, 1.54) is 0 Å². The maximum Gasteiger partial charge on any atom is 0.323 e. The van der Waals surface area contributed by atoms with Gasteiger partial charge in [0, 0.05) is 34.0 Å². The fraction of sp³-hybridized carbons (Fsp3) is 0.0385. The lowest BCUT2D eigenvalue weighted by Gasteiger charge is -2.13. The number of hydrogen-bond acceptors (Lipinski definition) is 5. The number of hydrogen-bond donors (Lipinski definition) is 4. The summed E-state index contributed by atoms with van der Waals surface area (Å²) in [7, 11) is 0. The molecule has 0 fully saturated rings. The molecule has 5 aromatic rings. The average molecular weight is 608 g/mol. The van der Waals surface area contributed by atoms with Gasteiger partial charge in [-0.25, -0.2) is 9.78 Å². The van der Waals surface area contributed by atoms with Crippen LogP contribution < -0.4 is 16.0 Å².